The minimum absolute atomic E-state index is 0.452. The predicted octanol–water partition coefficient (Wildman–Crippen LogP) is 2.80. The van der Waals surface area contributed by atoms with Gasteiger partial charge in [0.25, 0.3) is 0 Å². The first-order valence-electron chi connectivity index (χ1n) is 6.03. The van der Waals surface area contributed by atoms with E-state index in [0.29, 0.717) is 18.3 Å². The largest absolute Gasteiger partial charge is 0.478 e. The Bertz CT molecular complexity index is 291. The third-order valence-corrected chi connectivity index (χ3v) is 2.41. The first-order chi connectivity index (χ1) is 7.83. The molecule has 16 heavy (non-hydrogen) atoms. The summed E-state index contributed by atoms with van der Waals surface area (Å²) >= 11 is 0. The molecule has 0 bridgehead atoms. The average Bonchev–Trinajstić information content (AvgIpc) is 2.28. The quantitative estimate of drug-likeness (QED) is 0.688. The molecule has 1 aromatic heterocycles. The molecule has 0 fully saturated rings. The van der Waals surface area contributed by atoms with E-state index in [1.165, 1.54) is 38.4 Å². The van der Waals surface area contributed by atoms with Crippen LogP contribution in [0.1, 0.15) is 45.4 Å². The van der Waals surface area contributed by atoms with Crippen LogP contribution < -0.4 is 10.5 Å². The maximum absolute atomic E-state index is 5.51. The molecule has 0 unspecified atom stereocenters. The van der Waals surface area contributed by atoms with Crippen molar-refractivity contribution in [3.05, 3.63) is 12.4 Å². The smallest absolute Gasteiger partial charge is 0.218 e. The van der Waals surface area contributed by atoms with Crippen molar-refractivity contribution in [2.75, 3.05) is 12.3 Å². The number of nitrogens with zero attached hydrogens (tertiary/aromatic N) is 2. The normalized spacial score (nSPS) is 10.3. The van der Waals surface area contributed by atoms with Crippen molar-refractivity contribution in [3.63, 3.8) is 0 Å². The van der Waals surface area contributed by atoms with Gasteiger partial charge < -0.3 is 10.5 Å². The van der Waals surface area contributed by atoms with Crippen molar-refractivity contribution in [1.82, 2.24) is 9.97 Å². The number of unbranched alkanes of at least 4 members (excludes halogenated alkanes) is 5. The van der Waals surface area contributed by atoms with Gasteiger partial charge >= 0.3 is 0 Å². The van der Waals surface area contributed by atoms with Crippen LogP contribution in [-0.4, -0.2) is 16.6 Å². The van der Waals surface area contributed by atoms with Crippen LogP contribution in [0.5, 0.6) is 5.88 Å². The van der Waals surface area contributed by atoms with Gasteiger partial charge in [0.2, 0.25) is 5.88 Å². The van der Waals surface area contributed by atoms with Crippen LogP contribution in [0.3, 0.4) is 0 Å². The number of hydrogen-bond acceptors (Lipinski definition) is 4. The maximum Gasteiger partial charge on any atom is 0.218 e. The van der Waals surface area contributed by atoms with Crippen molar-refractivity contribution in [2.24, 2.45) is 0 Å². The van der Waals surface area contributed by atoms with Crippen molar-refractivity contribution in [3.8, 4) is 5.88 Å². The summed E-state index contributed by atoms with van der Waals surface area (Å²) in [6, 6.07) is 1.65. The molecule has 0 atom stereocenters. The van der Waals surface area contributed by atoms with E-state index in [4.69, 9.17) is 10.5 Å². The summed E-state index contributed by atoms with van der Waals surface area (Å²) in [4.78, 5) is 7.78. The maximum atomic E-state index is 5.51. The van der Waals surface area contributed by atoms with Gasteiger partial charge in [0.1, 0.15) is 12.1 Å². The fourth-order valence-corrected chi connectivity index (χ4v) is 1.49. The van der Waals surface area contributed by atoms with Gasteiger partial charge in [0.05, 0.1) is 6.61 Å². The van der Waals surface area contributed by atoms with Gasteiger partial charge in [-0.1, -0.05) is 39.0 Å². The highest BCUT2D eigenvalue weighted by Crippen LogP contribution is 2.09. The third-order valence-electron chi connectivity index (χ3n) is 2.41. The van der Waals surface area contributed by atoms with Crippen molar-refractivity contribution < 1.29 is 4.74 Å². The minimum atomic E-state index is 0.452. The first-order valence-corrected chi connectivity index (χ1v) is 6.03. The Hall–Kier alpha value is -1.32. The molecule has 4 heteroatoms. The number of hydrogen-bond donors (Lipinski definition) is 1. The second kappa shape index (κ2) is 7.91. The summed E-state index contributed by atoms with van der Waals surface area (Å²) in [7, 11) is 0. The summed E-state index contributed by atoms with van der Waals surface area (Å²) in [6.07, 6.45) is 8.97. The van der Waals surface area contributed by atoms with Crippen LogP contribution in [-0.2, 0) is 0 Å². The van der Waals surface area contributed by atoms with Gasteiger partial charge in [-0.25, -0.2) is 9.97 Å². The zero-order valence-corrected chi connectivity index (χ0v) is 9.98. The summed E-state index contributed by atoms with van der Waals surface area (Å²) in [6.45, 7) is 2.94. The van der Waals surface area contributed by atoms with Gasteiger partial charge in [-0.15, -0.1) is 0 Å². The third kappa shape index (κ3) is 5.53. The topological polar surface area (TPSA) is 61.0 Å². The molecule has 0 amide bonds. The second-order valence-corrected chi connectivity index (χ2v) is 3.90. The lowest BCUT2D eigenvalue weighted by atomic mass is 10.1. The summed E-state index contributed by atoms with van der Waals surface area (Å²) in [5.74, 6) is 1.02. The van der Waals surface area contributed by atoms with Gasteiger partial charge in [-0.05, 0) is 6.42 Å². The highest BCUT2D eigenvalue weighted by molar-refractivity contribution is 5.30. The van der Waals surface area contributed by atoms with Crippen LogP contribution in [0.4, 0.5) is 5.82 Å². The van der Waals surface area contributed by atoms with E-state index in [1.54, 1.807) is 6.07 Å². The van der Waals surface area contributed by atoms with Gasteiger partial charge in [0, 0.05) is 6.07 Å². The second-order valence-electron chi connectivity index (χ2n) is 3.90. The molecular weight excluding hydrogens is 202 g/mol. The Balaban J connectivity index is 2.03. The SMILES string of the molecule is CCCCCCCCOc1cc(N)ncn1. The van der Waals surface area contributed by atoms with E-state index in [2.05, 4.69) is 16.9 Å². The summed E-state index contributed by atoms with van der Waals surface area (Å²) in [5, 5.41) is 0. The molecule has 0 spiro atoms. The Morgan fingerprint density at radius 2 is 1.88 bits per heavy atom. The molecule has 0 saturated carbocycles. The monoisotopic (exact) mass is 223 g/mol. The van der Waals surface area contributed by atoms with Crippen LogP contribution in [0.15, 0.2) is 12.4 Å². The van der Waals surface area contributed by atoms with E-state index in [-0.39, 0.29) is 0 Å². The lowest BCUT2D eigenvalue weighted by molar-refractivity contribution is 0.293. The predicted molar refractivity (Wildman–Crippen MR) is 65.3 cm³/mol. The number of anilines is 1. The zero-order chi connectivity index (χ0) is 11.6. The van der Waals surface area contributed by atoms with Crippen LogP contribution in [0.25, 0.3) is 0 Å². The molecule has 4 nitrogen and oxygen atoms in total. The highest BCUT2D eigenvalue weighted by atomic mass is 16.5. The molecule has 0 saturated heterocycles. The molecule has 0 aliphatic carbocycles. The van der Waals surface area contributed by atoms with Crippen LogP contribution >= 0.6 is 0 Å². The Kier molecular flexibility index (Phi) is 6.30. The molecule has 1 aromatic rings. The van der Waals surface area contributed by atoms with Crippen molar-refractivity contribution >= 4 is 5.82 Å². The number of aromatic nitrogens is 2. The number of ether oxygens (including phenoxy) is 1. The molecule has 0 radical (unpaired) electrons. The molecule has 90 valence electrons. The number of rotatable bonds is 8. The molecule has 1 heterocycles. The highest BCUT2D eigenvalue weighted by Gasteiger charge is 1.96. The standard InChI is InChI=1S/C12H21N3O/c1-2-3-4-5-6-7-8-16-12-9-11(13)14-10-15-12/h9-10H,2-8H2,1H3,(H2,13,14,15). The van der Waals surface area contributed by atoms with Gasteiger partial charge in [0.15, 0.2) is 0 Å². The number of nitrogen functional groups attached to an aromatic ring is 1. The molecule has 0 aromatic carbocycles. The van der Waals surface area contributed by atoms with Gasteiger partial charge in [-0.3, -0.25) is 0 Å². The number of nitrogens with two attached hydrogens (primary N) is 1. The van der Waals surface area contributed by atoms with Crippen molar-refractivity contribution in [2.45, 2.75) is 45.4 Å². The van der Waals surface area contributed by atoms with E-state index in [9.17, 15) is 0 Å². The first kappa shape index (κ1) is 12.7. The van der Waals surface area contributed by atoms with E-state index in [1.807, 2.05) is 0 Å². The Morgan fingerprint density at radius 1 is 1.12 bits per heavy atom. The Morgan fingerprint density at radius 3 is 2.62 bits per heavy atom. The fourth-order valence-electron chi connectivity index (χ4n) is 1.49. The minimum Gasteiger partial charge on any atom is -0.478 e. The van der Waals surface area contributed by atoms with E-state index in [0.717, 1.165) is 6.42 Å². The van der Waals surface area contributed by atoms with Crippen LogP contribution in [0, 0.1) is 0 Å². The Labute approximate surface area is 97.2 Å². The molecule has 2 N–H and O–H groups in total. The molecule has 1 rings (SSSR count). The zero-order valence-electron chi connectivity index (χ0n) is 9.98. The lowest BCUT2D eigenvalue weighted by Gasteiger charge is -2.04. The average molecular weight is 223 g/mol. The summed E-state index contributed by atoms with van der Waals surface area (Å²) in [5.41, 5.74) is 5.51. The molecule has 0 aliphatic heterocycles. The summed E-state index contributed by atoms with van der Waals surface area (Å²) < 4.78 is 5.46. The van der Waals surface area contributed by atoms with E-state index >= 15 is 0 Å². The molecular formula is C12H21N3O. The fraction of sp³-hybridized carbons (Fsp3) is 0.667. The van der Waals surface area contributed by atoms with Crippen LogP contribution in [0.2, 0.25) is 0 Å². The van der Waals surface area contributed by atoms with E-state index < -0.39 is 0 Å². The van der Waals surface area contributed by atoms with Gasteiger partial charge in [-0.2, -0.15) is 0 Å². The van der Waals surface area contributed by atoms with Crippen molar-refractivity contribution in [1.29, 1.82) is 0 Å². The molecule has 0 aliphatic rings. The lowest BCUT2D eigenvalue weighted by Crippen LogP contribution is -2.00.